The predicted molar refractivity (Wildman–Crippen MR) is 137 cm³/mol. The lowest BCUT2D eigenvalue weighted by molar-refractivity contribution is -0.133. The van der Waals surface area contributed by atoms with Gasteiger partial charge in [0.2, 0.25) is 5.91 Å². The number of aryl methyl sites for hydroxylation is 1. The third kappa shape index (κ3) is 7.27. The zero-order valence-electron chi connectivity index (χ0n) is 20.9. The van der Waals surface area contributed by atoms with Gasteiger partial charge in [-0.2, -0.15) is 0 Å². The number of benzene rings is 2. The number of hydrogen-bond donors (Lipinski definition) is 1. The molecule has 0 radical (unpaired) electrons. The Kier molecular flexibility index (Phi) is 9.17. The summed E-state index contributed by atoms with van der Waals surface area (Å²) in [5.74, 6) is 1.01. The molecule has 0 aliphatic heterocycles. The molecule has 0 spiro atoms. The third-order valence-corrected chi connectivity index (χ3v) is 5.68. The summed E-state index contributed by atoms with van der Waals surface area (Å²) in [6.07, 6.45) is 2.68. The van der Waals surface area contributed by atoms with E-state index in [0.29, 0.717) is 36.8 Å². The van der Waals surface area contributed by atoms with Crippen molar-refractivity contribution < 1.29 is 19.1 Å². The SMILES string of the molecule is CCCN(CC(=O)N(Cc1ccccc1)Cc1cccn1C)C(=O)Nc1cc(OC)cc(OC)c1. The molecule has 0 saturated heterocycles. The van der Waals surface area contributed by atoms with Gasteiger partial charge in [0.1, 0.15) is 18.0 Å². The van der Waals surface area contributed by atoms with Crippen LogP contribution in [0.15, 0.2) is 66.9 Å². The number of carbonyl (C=O) groups is 2. The third-order valence-electron chi connectivity index (χ3n) is 5.68. The van der Waals surface area contributed by atoms with Gasteiger partial charge in [0.15, 0.2) is 0 Å². The highest BCUT2D eigenvalue weighted by atomic mass is 16.5. The number of nitrogens with one attached hydrogen (secondary N) is 1. The molecule has 1 heterocycles. The molecule has 0 aliphatic rings. The van der Waals surface area contributed by atoms with E-state index >= 15 is 0 Å². The lowest BCUT2D eigenvalue weighted by atomic mass is 10.2. The average molecular weight is 479 g/mol. The van der Waals surface area contributed by atoms with Gasteiger partial charge < -0.3 is 29.2 Å². The Labute approximate surface area is 207 Å². The van der Waals surface area contributed by atoms with Gasteiger partial charge in [-0.1, -0.05) is 37.3 Å². The quantitative estimate of drug-likeness (QED) is 0.440. The molecule has 186 valence electrons. The standard InChI is InChI=1S/C27H34N4O4/c1-5-13-30(27(33)28-22-15-24(34-3)17-25(16-22)35-4)20-26(32)31(18-21-10-7-6-8-11-21)19-23-12-9-14-29(23)2/h6-12,14-17H,5,13,18-20H2,1-4H3,(H,28,33). The normalized spacial score (nSPS) is 10.5. The summed E-state index contributed by atoms with van der Waals surface area (Å²) in [6, 6.07) is 18.6. The number of nitrogens with zero attached hydrogens (tertiary/aromatic N) is 3. The van der Waals surface area contributed by atoms with E-state index in [0.717, 1.165) is 17.7 Å². The number of hydrogen-bond acceptors (Lipinski definition) is 4. The molecule has 8 heteroatoms. The van der Waals surface area contributed by atoms with Crippen LogP contribution in [-0.4, -0.2) is 53.6 Å². The molecule has 3 amide bonds. The van der Waals surface area contributed by atoms with Crippen LogP contribution in [0.5, 0.6) is 11.5 Å². The molecule has 2 aromatic carbocycles. The summed E-state index contributed by atoms with van der Waals surface area (Å²) in [4.78, 5) is 30.0. The van der Waals surface area contributed by atoms with E-state index in [1.807, 2.05) is 67.2 Å². The molecule has 35 heavy (non-hydrogen) atoms. The highest BCUT2D eigenvalue weighted by Crippen LogP contribution is 2.26. The second kappa shape index (κ2) is 12.5. The first-order valence-corrected chi connectivity index (χ1v) is 11.6. The molecule has 0 aliphatic carbocycles. The lowest BCUT2D eigenvalue weighted by Gasteiger charge is -2.28. The fourth-order valence-electron chi connectivity index (χ4n) is 3.76. The van der Waals surface area contributed by atoms with Gasteiger partial charge >= 0.3 is 6.03 Å². The number of methoxy groups -OCH3 is 2. The molecule has 0 fully saturated rings. The Morgan fingerprint density at radius 1 is 0.914 bits per heavy atom. The van der Waals surface area contributed by atoms with Gasteiger partial charge in [-0.25, -0.2) is 4.79 Å². The van der Waals surface area contributed by atoms with Crippen molar-refractivity contribution in [2.24, 2.45) is 7.05 Å². The van der Waals surface area contributed by atoms with Crippen molar-refractivity contribution in [1.29, 1.82) is 0 Å². The molecule has 3 rings (SSSR count). The number of urea groups is 1. The molecule has 0 bridgehead atoms. The van der Waals surface area contributed by atoms with Crippen molar-refractivity contribution in [2.45, 2.75) is 26.4 Å². The molecule has 3 aromatic rings. The first-order chi connectivity index (χ1) is 16.9. The average Bonchev–Trinajstić information content (AvgIpc) is 3.27. The van der Waals surface area contributed by atoms with Crippen molar-refractivity contribution >= 4 is 17.6 Å². The Bertz CT molecular complexity index is 1090. The topological polar surface area (TPSA) is 76.0 Å². The zero-order valence-corrected chi connectivity index (χ0v) is 20.9. The molecular weight excluding hydrogens is 444 g/mol. The van der Waals surface area contributed by atoms with Crippen molar-refractivity contribution in [2.75, 3.05) is 32.6 Å². The smallest absolute Gasteiger partial charge is 0.322 e. The number of anilines is 1. The fourth-order valence-corrected chi connectivity index (χ4v) is 3.76. The number of rotatable bonds is 11. The van der Waals surface area contributed by atoms with E-state index in [1.165, 1.54) is 4.90 Å². The van der Waals surface area contributed by atoms with Crippen LogP contribution < -0.4 is 14.8 Å². The van der Waals surface area contributed by atoms with Crippen LogP contribution in [0.4, 0.5) is 10.5 Å². The Morgan fingerprint density at radius 2 is 1.60 bits per heavy atom. The minimum atomic E-state index is -0.353. The number of carbonyl (C=O) groups excluding carboxylic acids is 2. The minimum absolute atomic E-state index is 0.0297. The van der Waals surface area contributed by atoms with Gasteiger partial charge in [-0.05, 0) is 24.1 Å². The Balaban J connectivity index is 1.77. The van der Waals surface area contributed by atoms with Gasteiger partial charge in [0.05, 0.1) is 20.8 Å². The predicted octanol–water partition coefficient (Wildman–Crippen LogP) is 4.52. The zero-order chi connectivity index (χ0) is 25.2. The summed E-state index contributed by atoms with van der Waals surface area (Å²) in [7, 11) is 5.06. The minimum Gasteiger partial charge on any atom is -0.497 e. The second-order valence-corrected chi connectivity index (χ2v) is 8.30. The van der Waals surface area contributed by atoms with Gasteiger partial charge in [-0.3, -0.25) is 4.79 Å². The summed E-state index contributed by atoms with van der Waals surface area (Å²) >= 11 is 0. The van der Waals surface area contributed by atoms with E-state index in [-0.39, 0.29) is 18.5 Å². The fraction of sp³-hybridized carbons (Fsp3) is 0.333. The molecule has 0 unspecified atom stereocenters. The van der Waals surface area contributed by atoms with E-state index in [2.05, 4.69) is 5.32 Å². The Morgan fingerprint density at radius 3 is 2.17 bits per heavy atom. The molecule has 8 nitrogen and oxygen atoms in total. The maximum atomic E-state index is 13.5. The highest BCUT2D eigenvalue weighted by molar-refractivity contribution is 5.92. The second-order valence-electron chi connectivity index (χ2n) is 8.30. The van der Waals surface area contributed by atoms with E-state index < -0.39 is 0 Å². The van der Waals surface area contributed by atoms with Crippen LogP contribution >= 0.6 is 0 Å². The molecule has 0 saturated carbocycles. The van der Waals surface area contributed by atoms with Crippen LogP contribution in [0, 0.1) is 0 Å². The lowest BCUT2D eigenvalue weighted by Crippen LogP contribution is -2.44. The number of ether oxygens (including phenoxy) is 2. The maximum Gasteiger partial charge on any atom is 0.322 e. The van der Waals surface area contributed by atoms with Gasteiger partial charge in [0.25, 0.3) is 0 Å². The summed E-state index contributed by atoms with van der Waals surface area (Å²) in [5.41, 5.74) is 2.58. The molecular formula is C27H34N4O4. The molecule has 1 N–H and O–H groups in total. The van der Waals surface area contributed by atoms with Crippen molar-refractivity contribution in [3.63, 3.8) is 0 Å². The monoisotopic (exact) mass is 478 g/mol. The first kappa shape index (κ1) is 25.7. The largest absolute Gasteiger partial charge is 0.497 e. The van der Waals surface area contributed by atoms with Crippen molar-refractivity contribution in [3.8, 4) is 11.5 Å². The van der Waals surface area contributed by atoms with Gasteiger partial charge in [0, 0.05) is 55.9 Å². The van der Waals surface area contributed by atoms with Crippen LogP contribution in [0.3, 0.4) is 0 Å². The van der Waals surface area contributed by atoms with E-state index in [1.54, 1.807) is 37.3 Å². The van der Waals surface area contributed by atoms with Crippen LogP contribution in [0.2, 0.25) is 0 Å². The maximum absolute atomic E-state index is 13.5. The van der Waals surface area contributed by atoms with E-state index in [4.69, 9.17) is 9.47 Å². The summed E-state index contributed by atoms with van der Waals surface area (Å²) in [5, 5.41) is 2.88. The summed E-state index contributed by atoms with van der Waals surface area (Å²) in [6.45, 7) is 3.30. The van der Waals surface area contributed by atoms with Crippen LogP contribution in [-0.2, 0) is 24.9 Å². The number of aromatic nitrogens is 1. The first-order valence-electron chi connectivity index (χ1n) is 11.6. The molecule has 0 atom stereocenters. The van der Waals surface area contributed by atoms with Crippen molar-refractivity contribution in [1.82, 2.24) is 14.4 Å². The molecule has 1 aromatic heterocycles. The van der Waals surface area contributed by atoms with Crippen LogP contribution in [0.1, 0.15) is 24.6 Å². The van der Waals surface area contributed by atoms with Crippen molar-refractivity contribution in [3.05, 3.63) is 78.1 Å². The Hall–Kier alpha value is -3.94. The highest BCUT2D eigenvalue weighted by Gasteiger charge is 2.22. The van der Waals surface area contributed by atoms with Gasteiger partial charge in [-0.15, -0.1) is 0 Å². The van der Waals surface area contributed by atoms with E-state index in [9.17, 15) is 9.59 Å². The number of amides is 3. The van der Waals surface area contributed by atoms with Crippen LogP contribution in [0.25, 0.3) is 0 Å². The summed E-state index contributed by atoms with van der Waals surface area (Å²) < 4.78 is 12.6.